The molecule has 0 saturated heterocycles. The van der Waals surface area contributed by atoms with Gasteiger partial charge in [-0.05, 0) is 54.1 Å². The molecule has 2 aromatic carbocycles. The molecule has 6 nitrogen and oxygen atoms in total. The average molecular weight is 430 g/mol. The molecule has 1 N–H and O–H groups in total. The number of nitrogens with zero attached hydrogens (tertiary/aromatic N) is 2. The van der Waals surface area contributed by atoms with Crippen LogP contribution in [0.15, 0.2) is 54.6 Å². The van der Waals surface area contributed by atoms with Crippen LogP contribution in [0.25, 0.3) is 0 Å². The fraction of sp³-hybridized carbons (Fsp3) is 0.227. The Morgan fingerprint density at radius 1 is 1.07 bits per heavy atom. The van der Waals surface area contributed by atoms with Gasteiger partial charge in [-0.25, -0.2) is 12.8 Å². The normalized spacial score (nSPS) is 11.4. The van der Waals surface area contributed by atoms with Crippen molar-refractivity contribution in [2.45, 2.75) is 6.42 Å². The number of carbonyl (C=O) groups excluding carboxylic acids is 1. The zero-order valence-corrected chi connectivity index (χ0v) is 18.1. The number of ketones is 1. The topological polar surface area (TPSA) is 71.4 Å². The molecule has 3 rings (SSSR count). The van der Waals surface area contributed by atoms with Crippen molar-refractivity contribution in [3.63, 3.8) is 0 Å². The zero-order chi connectivity index (χ0) is 22.1. The molecule has 0 radical (unpaired) electrons. The van der Waals surface area contributed by atoms with E-state index in [1.165, 1.54) is 12.1 Å². The fourth-order valence-corrected chi connectivity index (χ4v) is 3.74. The number of sulfonamides is 1. The number of nitrogens with one attached hydrogen (secondary N) is 1. The number of aromatic nitrogens is 1. The number of hydrogen-bond donors (Lipinski definition) is 1. The van der Waals surface area contributed by atoms with E-state index in [0.29, 0.717) is 16.8 Å². The first-order valence-electron chi connectivity index (χ1n) is 9.28. The van der Waals surface area contributed by atoms with Crippen LogP contribution in [0.5, 0.6) is 0 Å². The van der Waals surface area contributed by atoms with E-state index in [1.807, 2.05) is 31.1 Å². The molecular weight excluding hydrogens is 405 g/mol. The van der Waals surface area contributed by atoms with Crippen LogP contribution in [-0.2, 0) is 23.5 Å². The lowest BCUT2D eigenvalue weighted by molar-refractivity contribution is 0.103. The predicted octanol–water partition coefficient (Wildman–Crippen LogP) is 3.42. The van der Waals surface area contributed by atoms with Gasteiger partial charge in [0.1, 0.15) is 5.82 Å². The SMILES string of the molecule is CN(C)c1ccc(C(=O)c2ccc(Cc3ccc(NS(C)(=O)=O)cc3F)n2C)cc1. The molecule has 158 valence electrons. The van der Waals surface area contributed by atoms with E-state index in [1.54, 1.807) is 35.9 Å². The predicted molar refractivity (Wildman–Crippen MR) is 117 cm³/mol. The highest BCUT2D eigenvalue weighted by Crippen LogP contribution is 2.21. The van der Waals surface area contributed by atoms with Crippen molar-refractivity contribution in [1.82, 2.24) is 4.57 Å². The summed E-state index contributed by atoms with van der Waals surface area (Å²) in [6.45, 7) is 0. The van der Waals surface area contributed by atoms with Crippen LogP contribution < -0.4 is 9.62 Å². The van der Waals surface area contributed by atoms with E-state index >= 15 is 0 Å². The first-order chi connectivity index (χ1) is 14.0. The second-order valence-electron chi connectivity index (χ2n) is 7.40. The first-order valence-corrected chi connectivity index (χ1v) is 11.2. The molecule has 8 heteroatoms. The van der Waals surface area contributed by atoms with E-state index < -0.39 is 15.8 Å². The molecule has 1 aromatic heterocycles. The Labute approximate surface area is 176 Å². The van der Waals surface area contributed by atoms with Gasteiger partial charge in [-0.3, -0.25) is 9.52 Å². The molecule has 0 saturated carbocycles. The Kier molecular flexibility index (Phi) is 5.98. The summed E-state index contributed by atoms with van der Waals surface area (Å²) < 4.78 is 41.1. The van der Waals surface area contributed by atoms with Crippen LogP contribution in [0.1, 0.15) is 27.3 Å². The van der Waals surface area contributed by atoms with Crippen molar-refractivity contribution in [3.05, 3.63) is 82.9 Å². The summed E-state index contributed by atoms with van der Waals surface area (Å²) in [5, 5.41) is 0. The Hall–Kier alpha value is -3.13. The summed E-state index contributed by atoms with van der Waals surface area (Å²) in [4.78, 5) is 14.8. The van der Waals surface area contributed by atoms with Crippen LogP contribution in [-0.4, -0.2) is 39.1 Å². The van der Waals surface area contributed by atoms with Crippen molar-refractivity contribution < 1.29 is 17.6 Å². The first kappa shape index (κ1) is 21.6. The summed E-state index contributed by atoms with van der Waals surface area (Å²) in [6.07, 6.45) is 1.28. The van der Waals surface area contributed by atoms with Crippen LogP contribution in [0, 0.1) is 5.82 Å². The van der Waals surface area contributed by atoms with E-state index in [9.17, 15) is 17.6 Å². The Morgan fingerprint density at radius 3 is 2.30 bits per heavy atom. The zero-order valence-electron chi connectivity index (χ0n) is 17.3. The summed E-state index contributed by atoms with van der Waals surface area (Å²) in [5.41, 5.74) is 3.44. The molecule has 0 aliphatic heterocycles. The van der Waals surface area contributed by atoms with Gasteiger partial charge < -0.3 is 9.47 Å². The average Bonchev–Trinajstić information content (AvgIpc) is 3.02. The molecule has 0 amide bonds. The Bertz CT molecular complexity index is 1180. The number of anilines is 2. The highest BCUT2D eigenvalue weighted by Gasteiger charge is 2.16. The fourth-order valence-electron chi connectivity index (χ4n) is 3.18. The van der Waals surface area contributed by atoms with Crippen molar-refractivity contribution in [2.24, 2.45) is 7.05 Å². The van der Waals surface area contributed by atoms with Gasteiger partial charge in [-0.1, -0.05) is 6.07 Å². The van der Waals surface area contributed by atoms with Gasteiger partial charge in [0, 0.05) is 44.5 Å². The summed E-state index contributed by atoms with van der Waals surface area (Å²) in [5.74, 6) is -0.626. The second kappa shape index (κ2) is 8.31. The summed E-state index contributed by atoms with van der Waals surface area (Å²) >= 11 is 0. The van der Waals surface area contributed by atoms with Crippen molar-refractivity contribution >= 4 is 27.2 Å². The van der Waals surface area contributed by atoms with Gasteiger partial charge >= 0.3 is 0 Å². The minimum Gasteiger partial charge on any atom is -0.378 e. The van der Waals surface area contributed by atoms with E-state index in [4.69, 9.17) is 0 Å². The van der Waals surface area contributed by atoms with Gasteiger partial charge in [-0.15, -0.1) is 0 Å². The molecular formula is C22H24FN3O3S. The van der Waals surface area contributed by atoms with Crippen molar-refractivity contribution in [3.8, 4) is 0 Å². The third kappa shape index (κ3) is 4.88. The van der Waals surface area contributed by atoms with E-state index in [2.05, 4.69) is 4.72 Å². The second-order valence-corrected chi connectivity index (χ2v) is 9.15. The van der Waals surface area contributed by atoms with Crippen LogP contribution in [0.4, 0.5) is 15.8 Å². The molecule has 0 atom stereocenters. The molecule has 0 aliphatic rings. The van der Waals surface area contributed by atoms with Gasteiger partial charge in [0.05, 0.1) is 17.6 Å². The maximum atomic E-state index is 14.5. The Balaban J connectivity index is 1.81. The smallest absolute Gasteiger partial charge is 0.229 e. The van der Waals surface area contributed by atoms with Gasteiger partial charge in [0.25, 0.3) is 0 Å². The molecule has 0 bridgehead atoms. The van der Waals surface area contributed by atoms with Crippen LogP contribution in [0.2, 0.25) is 0 Å². The van der Waals surface area contributed by atoms with Gasteiger partial charge in [0.15, 0.2) is 0 Å². The van der Waals surface area contributed by atoms with Gasteiger partial charge in [-0.2, -0.15) is 0 Å². The summed E-state index contributed by atoms with van der Waals surface area (Å²) in [7, 11) is 2.17. The molecule has 30 heavy (non-hydrogen) atoms. The number of halogens is 1. The van der Waals surface area contributed by atoms with Crippen LogP contribution in [0.3, 0.4) is 0 Å². The highest BCUT2D eigenvalue weighted by molar-refractivity contribution is 7.92. The summed E-state index contributed by atoms with van der Waals surface area (Å²) in [6, 6.07) is 15.1. The maximum absolute atomic E-state index is 14.5. The third-order valence-corrected chi connectivity index (χ3v) is 5.44. The lowest BCUT2D eigenvalue weighted by Gasteiger charge is -2.13. The lowest BCUT2D eigenvalue weighted by Crippen LogP contribution is -2.12. The van der Waals surface area contributed by atoms with Gasteiger partial charge in [0.2, 0.25) is 15.8 Å². The van der Waals surface area contributed by atoms with Crippen molar-refractivity contribution in [2.75, 3.05) is 30.0 Å². The van der Waals surface area contributed by atoms with E-state index in [-0.39, 0.29) is 17.9 Å². The van der Waals surface area contributed by atoms with Crippen molar-refractivity contribution in [1.29, 1.82) is 0 Å². The van der Waals surface area contributed by atoms with Crippen LogP contribution >= 0.6 is 0 Å². The molecule has 0 aliphatic carbocycles. The maximum Gasteiger partial charge on any atom is 0.229 e. The number of benzene rings is 2. The molecule has 0 unspecified atom stereocenters. The largest absolute Gasteiger partial charge is 0.378 e. The number of hydrogen-bond acceptors (Lipinski definition) is 4. The quantitative estimate of drug-likeness (QED) is 0.584. The van der Waals surface area contributed by atoms with E-state index in [0.717, 1.165) is 23.7 Å². The third-order valence-electron chi connectivity index (χ3n) is 4.83. The molecule has 0 spiro atoms. The monoisotopic (exact) mass is 429 g/mol. The highest BCUT2D eigenvalue weighted by atomic mass is 32.2. The number of carbonyl (C=O) groups is 1. The minimum absolute atomic E-state index is 0.109. The molecule has 1 heterocycles. The lowest BCUT2D eigenvalue weighted by atomic mass is 10.1. The molecule has 0 fully saturated rings. The number of rotatable bonds is 7. The standard InChI is InChI=1S/C22H24FN3O3S/c1-25(2)18-9-6-15(7-10-18)22(27)21-12-11-19(26(21)3)13-16-5-8-17(14-20(16)23)24-30(4,28)29/h5-12,14,24H,13H2,1-4H3. The minimum atomic E-state index is -3.47. The molecule has 3 aromatic rings. The Morgan fingerprint density at radius 2 is 1.73 bits per heavy atom.